The average Bonchev–Trinajstić information content (AvgIpc) is 3.40. The Morgan fingerprint density at radius 3 is 0.838 bits per heavy atom. The maximum absolute atomic E-state index is 12.9. The van der Waals surface area contributed by atoms with Gasteiger partial charge in [0, 0.05) is 19.3 Å². The molecule has 0 aromatic rings. The summed E-state index contributed by atoms with van der Waals surface area (Å²) in [5.41, 5.74) is 0. The van der Waals surface area contributed by atoms with E-state index in [0.717, 1.165) is 141 Å². The molecule has 1 atom stereocenters. The molecule has 6 heteroatoms. The van der Waals surface area contributed by atoms with Gasteiger partial charge in [0.05, 0.1) is 0 Å². The van der Waals surface area contributed by atoms with E-state index in [2.05, 4.69) is 142 Å². The van der Waals surface area contributed by atoms with Crippen molar-refractivity contribution in [1.29, 1.82) is 0 Å². The highest BCUT2D eigenvalue weighted by Gasteiger charge is 2.19. The van der Waals surface area contributed by atoms with Crippen molar-refractivity contribution in [2.45, 2.75) is 277 Å². The number of ether oxygens (including phenoxy) is 3. The molecule has 0 rings (SSSR count). The minimum absolute atomic E-state index is 0.0898. The average molecular weight is 1030 g/mol. The molecular weight excluding hydrogens is 913 g/mol. The maximum Gasteiger partial charge on any atom is 0.306 e. The van der Waals surface area contributed by atoms with Crippen molar-refractivity contribution in [3.05, 3.63) is 122 Å². The van der Waals surface area contributed by atoms with Crippen LogP contribution in [-0.2, 0) is 28.6 Å². The van der Waals surface area contributed by atoms with E-state index in [1.54, 1.807) is 0 Å². The van der Waals surface area contributed by atoms with Gasteiger partial charge in [0.1, 0.15) is 13.2 Å². The second kappa shape index (κ2) is 61.4. The first-order valence-electron chi connectivity index (χ1n) is 30.5. The number of unbranched alkanes of at least 4 members (excludes halogenated alkanes) is 23. The van der Waals surface area contributed by atoms with Crippen LogP contribution in [0.4, 0.5) is 0 Å². The van der Waals surface area contributed by atoms with Gasteiger partial charge in [-0.3, -0.25) is 14.4 Å². The monoisotopic (exact) mass is 1020 g/mol. The molecule has 0 saturated heterocycles. The van der Waals surface area contributed by atoms with Crippen molar-refractivity contribution in [2.24, 2.45) is 0 Å². The fourth-order valence-electron chi connectivity index (χ4n) is 8.17. The maximum atomic E-state index is 12.9. The van der Waals surface area contributed by atoms with E-state index >= 15 is 0 Å². The predicted octanol–water partition coefficient (Wildman–Crippen LogP) is 20.8. The smallest absolute Gasteiger partial charge is 0.306 e. The molecule has 1 unspecified atom stereocenters. The first-order chi connectivity index (χ1) is 36.5. The van der Waals surface area contributed by atoms with Gasteiger partial charge >= 0.3 is 17.9 Å². The lowest BCUT2D eigenvalue weighted by molar-refractivity contribution is -0.167. The van der Waals surface area contributed by atoms with Crippen LogP contribution in [0.5, 0.6) is 0 Å². The molecule has 0 saturated carbocycles. The Morgan fingerprint density at radius 1 is 0.284 bits per heavy atom. The Morgan fingerprint density at radius 2 is 0.527 bits per heavy atom. The van der Waals surface area contributed by atoms with E-state index < -0.39 is 6.10 Å². The predicted molar refractivity (Wildman–Crippen MR) is 320 cm³/mol. The van der Waals surface area contributed by atoms with Crippen molar-refractivity contribution < 1.29 is 28.6 Å². The van der Waals surface area contributed by atoms with Crippen molar-refractivity contribution >= 4 is 17.9 Å². The minimum atomic E-state index is -0.792. The summed E-state index contributed by atoms with van der Waals surface area (Å²) in [4.78, 5) is 38.2. The Labute approximate surface area is 456 Å². The fourth-order valence-corrected chi connectivity index (χ4v) is 8.17. The van der Waals surface area contributed by atoms with Gasteiger partial charge in [-0.05, 0) is 122 Å². The lowest BCUT2D eigenvalue weighted by Gasteiger charge is -2.18. The van der Waals surface area contributed by atoms with E-state index in [1.807, 2.05) is 0 Å². The zero-order valence-electron chi connectivity index (χ0n) is 48.1. The summed E-state index contributed by atoms with van der Waals surface area (Å²) < 4.78 is 16.9. The van der Waals surface area contributed by atoms with Crippen molar-refractivity contribution in [3.63, 3.8) is 0 Å². The van der Waals surface area contributed by atoms with Gasteiger partial charge in [0.2, 0.25) is 0 Å². The molecule has 6 nitrogen and oxygen atoms in total. The van der Waals surface area contributed by atoms with Crippen molar-refractivity contribution in [1.82, 2.24) is 0 Å². The third kappa shape index (κ3) is 58.7. The third-order valence-electron chi connectivity index (χ3n) is 12.7. The van der Waals surface area contributed by atoms with Crippen LogP contribution in [0.3, 0.4) is 0 Å². The molecule has 0 N–H and O–H groups in total. The quantitative estimate of drug-likeness (QED) is 0.0261. The molecule has 0 aliphatic heterocycles. The number of allylic oxidation sites excluding steroid dienone is 20. The fraction of sp³-hybridized carbons (Fsp3) is 0.662. The highest BCUT2D eigenvalue weighted by molar-refractivity contribution is 5.71. The largest absolute Gasteiger partial charge is 0.462 e. The molecule has 0 radical (unpaired) electrons. The summed E-state index contributed by atoms with van der Waals surface area (Å²) in [6, 6.07) is 0. The first-order valence-corrected chi connectivity index (χ1v) is 30.5. The summed E-state index contributed by atoms with van der Waals surface area (Å²) >= 11 is 0. The van der Waals surface area contributed by atoms with Crippen LogP contribution in [0, 0.1) is 0 Å². The van der Waals surface area contributed by atoms with Crippen molar-refractivity contribution in [3.8, 4) is 0 Å². The lowest BCUT2D eigenvalue weighted by Crippen LogP contribution is -2.30. The third-order valence-corrected chi connectivity index (χ3v) is 12.7. The molecule has 0 heterocycles. The molecule has 0 amide bonds. The van der Waals surface area contributed by atoms with Crippen LogP contribution in [-0.4, -0.2) is 37.2 Å². The highest BCUT2D eigenvalue weighted by atomic mass is 16.6. The summed E-state index contributed by atoms with van der Waals surface area (Å²) in [6.45, 7) is 6.34. The first kappa shape index (κ1) is 69.8. The zero-order valence-corrected chi connectivity index (χ0v) is 48.1. The molecule has 0 aliphatic carbocycles. The molecular formula is C68H112O6. The van der Waals surface area contributed by atoms with Gasteiger partial charge in [0.15, 0.2) is 6.10 Å². The Balaban J connectivity index is 4.32. The second-order valence-corrected chi connectivity index (χ2v) is 19.8. The molecule has 0 spiro atoms. The molecule has 0 aromatic carbocycles. The van der Waals surface area contributed by atoms with E-state index in [9.17, 15) is 14.4 Å². The molecule has 420 valence electrons. The van der Waals surface area contributed by atoms with E-state index in [1.165, 1.54) is 89.9 Å². The van der Waals surface area contributed by atoms with Gasteiger partial charge in [-0.1, -0.05) is 251 Å². The van der Waals surface area contributed by atoms with Crippen LogP contribution in [0.2, 0.25) is 0 Å². The molecule has 0 fully saturated rings. The van der Waals surface area contributed by atoms with E-state index in [4.69, 9.17) is 14.2 Å². The summed E-state index contributed by atoms with van der Waals surface area (Å²) in [5, 5.41) is 0. The summed E-state index contributed by atoms with van der Waals surface area (Å²) in [5.74, 6) is -0.914. The van der Waals surface area contributed by atoms with Crippen LogP contribution in [0.15, 0.2) is 122 Å². The van der Waals surface area contributed by atoms with E-state index in [-0.39, 0.29) is 31.1 Å². The SMILES string of the molecule is CC/C=C\C/C=C\C/C=C\C/C=C\C/C=C\CCCCCCCCCC(=O)OCC(COC(=O)CCCCCCC/C=C\CCC)OC(=O)CCCCCCCCCCCC/C=C\C/C=C\C/C=C\C/C=C\CC. The molecule has 0 bridgehead atoms. The Bertz CT molecular complexity index is 1550. The topological polar surface area (TPSA) is 78.9 Å². The number of rotatable bonds is 54. The van der Waals surface area contributed by atoms with Crippen molar-refractivity contribution in [2.75, 3.05) is 13.2 Å². The summed E-state index contributed by atoms with van der Waals surface area (Å²) in [7, 11) is 0. The normalized spacial score (nSPS) is 13.0. The van der Waals surface area contributed by atoms with E-state index in [0.29, 0.717) is 19.3 Å². The van der Waals surface area contributed by atoms with Crippen LogP contribution < -0.4 is 0 Å². The highest BCUT2D eigenvalue weighted by Crippen LogP contribution is 2.15. The Hall–Kier alpha value is -4.19. The molecule has 74 heavy (non-hydrogen) atoms. The number of carbonyl (C=O) groups excluding carboxylic acids is 3. The van der Waals surface area contributed by atoms with Gasteiger partial charge in [-0.15, -0.1) is 0 Å². The molecule has 0 aliphatic rings. The summed E-state index contributed by atoms with van der Waals surface area (Å²) in [6.07, 6.45) is 84.9. The van der Waals surface area contributed by atoms with Gasteiger partial charge < -0.3 is 14.2 Å². The number of carbonyl (C=O) groups is 3. The number of hydrogen-bond donors (Lipinski definition) is 0. The van der Waals surface area contributed by atoms with Gasteiger partial charge in [-0.2, -0.15) is 0 Å². The van der Waals surface area contributed by atoms with Gasteiger partial charge in [0.25, 0.3) is 0 Å². The van der Waals surface area contributed by atoms with Crippen LogP contribution in [0.1, 0.15) is 271 Å². The standard InChI is InChI=1S/C68H112O6/c1-4-7-10-13-16-19-22-24-26-28-30-32-34-36-38-40-42-44-46-49-52-55-58-61-67(70)73-64-65(63-72-66(69)60-57-54-51-48-21-18-15-12-9-6-3)74-68(71)62-59-56-53-50-47-45-43-41-39-37-35-33-31-29-27-25-23-20-17-14-11-8-5-2/h7-8,10-12,15-17,19-20,24-27,30-33,36,38,65H,4-6,9,13-14,18,21-23,28-29,34-35,37,39-64H2,1-3H3/b10-7-,11-8-,15-12-,19-16-,20-17-,26-24-,27-25-,32-30-,33-31-,38-36-. The van der Waals surface area contributed by atoms with Gasteiger partial charge in [-0.25, -0.2) is 0 Å². The number of esters is 3. The Kier molecular flexibility index (Phi) is 57.9. The molecule has 0 aromatic heterocycles. The van der Waals surface area contributed by atoms with Crippen LogP contribution >= 0.6 is 0 Å². The number of hydrogen-bond acceptors (Lipinski definition) is 6. The second-order valence-electron chi connectivity index (χ2n) is 19.8. The van der Waals surface area contributed by atoms with Crippen LogP contribution in [0.25, 0.3) is 0 Å². The minimum Gasteiger partial charge on any atom is -0.462 e. The lowest BCUT2D eigenvalue weighted by atomic mass is 10.0. The zero-order chi connectivity index (χ0) is 53.6.